The van der Waals surface area contributed by atoms with Crippen molar-refractivity contribution in [1.82, 2.24) is 4.98 Å². The van der Waals surface area contributed by atoms with E-state index in [-0.39, 0.29) is 5.56 Å². The van der Waals surface area contributed by atoms with Gasteiger partial charge in [-0.25, -0.2) is 9.78 Å². The van der Waals surface area contributed by atoms with Crippen molar-refractivity contribution in [3.05, 3.63) is 27.9 Å². The van der Waals surface area contributed by atoms with Gasteiger partial charge in [-0.05, 0) is 23.8 Å². The number of thioether (sulfide) groups is 1. The number of aromatic nitrogens is 1. The highest BCUT2D eigenvalue weighted by molar-refractivity contribution is 7.99. The maximum Gasteiger partial charge on any atom is 0.342 e. The van der Waals surface area contributed by atoms with Gasteiger partial charge in [-0.2, -0.15) is 11.8 Å². The number of nitro groups is 1. The number of anilines is 1. The summed E-state index contributed by atoms with van der Waals surface area (Å²) in [5, 5.41) is 22.7. The molecule has 0 saturated carbocycles. The molecule has 1 aliphatic rings. The van der Waals surface area contributed by atoms with Gasteiger partial charge in [-0.1, -0.05) is 0 Å². The maximum absolute atomic E-state index is 11.0. The molecule has 0 aromatic carbocycles. The molecule has 102 valence electrons. The minimum Gasteiger partial charge on any atom is -0.477 e. The lowest BCUT2D eigenvalue weighted by molar-refractivity contribution is -0.385. The lowest BCUT2D eigenvalue weighted by Crippen LogP contribution is -2.15. The molecular formula is C11H13N3O4S. The van der Waals surface area contributed by atoms with E-state index < -0.39 is 16.6 Å². The molecule has 0 spiro atoms. The van der Waals surface area contributed by atoms with E-state index in [1.54, 1.807) is 0 Å². The highest BCUT2D eigenvalue weighted by atomic mass is 32.2. The van der Waals surface area contributed by atoms with Crippen LogP contribution in [0.25, 0.3) is 0 Å². The Morgan fingerprint density at radius 3 is 3.05 bits per heavy atom. The normalized spacial score (nSPS) is 18.2. The van der Waals surface area contributed by atoms with E-state index >= 15 is 0 Å². The van der Waals surface area contributed by atoms with Gasteiger partial charge in [-0.3, -0.25) is 10.1 Å². The Bertz CT molecular complexity index is 503. The topological polar surface area (TPSA) is 105 Å². The van der Waals surface area contributed by atoms with Gasteiger partial charge in [0.15, 0.2) is 0 Å². The second kappa shape index (κ2) is 5.87. The molecule has 1 saturated heterocycles. The SMILES string of the molecule is O=C(O)c1cc(NCC2CCSC2)ncc1[N+](=O)[O-]. The molecule has 2 N–H and O–H groups in total. The van der Waals surface area contributed by atoms with Crippen molar-refractivity contribution >= 4 is 29.2 Å². The number of nitrogens with zero attached hydrogens (tertiary/aromatic N) is 2. The molecule has 1 atom stereocenters. The Morgan fingerprint density at radius 2 is 2.47 bits per heavy atom. The van der Waals surface area contributed by atoms with Gasteiger partial charge in [0, 0.05) is 12.6 Å². The highest BCUT2D eigenvalue weighted by Crippen LogP contribution is 2.24. The lowest BCUT2D eigenvalue weighted by Gasteiger charge is -2.10. The van der Waals surface area contributed by atoms with Crippen LogP contribution in [0.15, 0.2) is 12.3 Å². The Kier molecular flexibility index (Phi) is 4.20. The first-order valence-electron chi connectivity index (χ1n) is 5.77. The Hall–Kier alpha value is -1.83. The summed E-state index contributed by atoms with van der Waals surface area (Å²) in [4.78, 5) is 24.8. The van der Waals surface area contributed by atoms with Crippen molar-refractivity contribution in [3.63, 3.8) is 0 Å². The molecule has 7 nitrogen and oxygen atoms in total. The summed E-state index contributed by atoms with van der Waals surface area (Å²) < 4.78 is 0. The lowest BCUT2D eigenvalue weighted by atomic mass is 10.1. The summed E-state index contributed by atoms with van der Waals surface area (Å²) in [6, 6.07) is 1.21. The van der Waals surface area contributed by atoms with Gasteiger partial charge in [0.1, 0.15) is 17.6 Å². The van der Waals surface area contributed by atoms with Crippen LogP contribution in [0.2, 0.25) is 0 Å². The summed E-state index contributed by atoms with van der Waals surface area (Å²) in [5.41, 5.74) is -0.835. The first kappa shape index (κ1) is 13.6. The number of aromatic carboxylic acids is 1. The van der Waals surface area contributed by atoms with Crippen LogP contribution in [0.1, 0.15) is 16.8 Å². The zero-order chi connectivity index (χ0) is 13.8. The van der Waals surface area contributed by atoms with E-state index in [0.717, 1.165) is 24.1 Å². The second-order valence-electron chi connectivity index (χ2n) is 4.26. The van der Waals surface area contributed by atoms with Crippen molar-refractivity contribution < 1.29 is 14.8 Å². The zero-order valence-electron chi connectivity index (χ0n) is 10.0. The van der Waals surface area contributed by atoms with Crippen molar-refractivity contribution in [3.8, 4) is 0 Å². The summed E-state index contributed by atoms with van der Waals surface area (Å²) in [7, 11) is 0. The van der Waals surface area contributed by atoms with Gasteiger partial charge in [0.2, 0.25) is 0 Å². The third-order valence-corrected chi connectivity index (χ3v) is 4.14. The maximum atomic E-state index is 11.0. The van der Waals surface area contributed by atoms with Crippen molar-refractivity contribution in [2.45, 2.75) is 6.42 Å². The van der Waals surface area contributed by atoms with E-state index in [2.05, 4.69) is 10.3 Å². The van der Waals surface area contributed by atoms with Crippen LogP contribution >= 0.6 is 11.8 Å². The summed E-state index contributed by atoms with van der Waals surface area (Å²) in [6.45, 7) is 0.705. The molecule has 8 heteroatoms. The van der Waals surface area contributed by atoms with E-state index in [4.69, 9.17) is 5.11 Å². The number of hydrogen-bond acceptors (Lipinski definition) is 6. The summed E-state index contributed by atoms with van der Waals surface area (Å²) >= 11 is 1.89. The fraction of sp³-hybridized carbons (Fsp3) is 0.455. The van der Waals surface area contributed by atoms with Gasteiger partial charge in [0.25, 0.3) is 0 Å². The van der Waals surface area contributed by atoms with Crippen molar-refractivity contribution in [2.75, 3.05) is 23.4 Å². The van der Waals surface area contributed by atoms with Gasteiger partial charge >= 0.3 is 11.7 Å². The first-order valence-corrected chi connectivity index (χ1v) is 6.92. The number of hydrogen-bond donors (Lipinski definition) is 2. The smallest absolute Gasteiger partial charge is 0.342 e. The van der Waals surface area contributed by atoms with Crippen molar-refractivity contribution in [1.29, 1.82) is 0 Å². The molecule has 1 fully saturated rings. The fourth-order valence-corrected chi connectivity index (χ4v) is 3.14. The fourth-order valence-electron chi connectivity index (χ4n) is 1.85. The van der Waals surface area contributed by atoms with Crippen LogP contribution in [0.5, 0.6) is 0 Å². The van der Waals surface area contributed by atoms with Crippen LogP contribution in [-0.4, -0.2) is 39.0 Å². The minimum atomic E-state index is -1.33. The quantitative estimate of drug-likeness (QED) is 0.627. The molecule has 0 amide bonds. The number of carbonyl (C=O) groups is 1. The minimum absolute atomic E-state index is 0.344. The number of rotatable bonds is 5. The molecule has 1 unspecified atom stereocenters. The second-order valence-corrected chi connectivity index (χ2v) is 5.41. The number of pyridine rings is 1. The Morgan fingerprint density at radius 1 is 1.68 bits per heavy atom. The average Bonchev–Trinajstić information content (AvgIpc) is 2.88. The van der Waals surface area contributed by atoms with E-state index in [9.17, 15) is 14.9 Å². The Balaban J connectivity index is 2.11. The van der Waals surface area contributed by atoms with Crippen LogP contribution in [0, 0.1) is 16.0 Å². The van der Waals surface area contributed by atoms with Gasteiger partial charge in [-0.15, -0.1) is 0 Å². The number of carboxylic acid groups (broad SMARTS) is 1. The third-order valence-electron chi connectivity index (χ3n) is 2.91. The molecule has 1 aromatic heterocycles. The van der Waals surface area contributed by atoms with Crippen LogP contribution < -0.4 is 5.32 Å². The monoisotopic (exact) mass is 283 g/mol. The van der Waals surface area contributed by atoms with Crippen LogP contribution in [-0.2, 0) is 0 Å². The Labute approximate surface area is 113 Å². The standard InChI is InChI=1S/C11H13N3O4S/c15-11(16)8-3-10(13-5-9(8)14(17)18)12-4-7-1-2-19-6-7/h3,5,7H,1-2,4,6H2,(H,12,13)(H,15,16). The molecule has 1 aromatic rings. The van der Waals surface area contributed by atoms with E-state index in [1.807, 2.05) is 11.8 Å². The van der Waals surface area contributed by atoms with E-state index in [0.29, 0.717) is 18.3 Å². The molecule has 2 rings (SSSR count). The number of nitrogens with one attached hydrogen (secondary N) is 1. The predicted octanol–water partition coefficient (Wildman–Crippen LogP) is 1.85. The third kappa shape index (κ3) is 3.34. The number of carboxylic acids is 1. The van der Waals surface area contributed by atoms with E-state index in [1.165, 1.54) is 6.07 Å². The average molecular weight is 283 g/mol. The molecule has 0 radical (unpaired) electrons. The van der Waals surface area contributed by atoms with Crippen LogP contribution in [0.4, 0.5) is 11.5 Å². The van der Waals surface area contributed by atoms with Gasteiger partial charge in [0.05, 0.1) is 4.92 Å². The molecular weight excluding hydrogens is 270 g/mol. The molecule has 0 bridgehead atoms. The highest BCUT2D eigenvalue weighted by Gasteiger charge is 2.21. The first-order chi connectivity index (χ1) is 9.08. The van der Waals surface area contributed by atoms with Crippen molar-refractivity contribution in [2.24, 2.45) is 5.92 Å². The molecule has 19 heavy (non-hydrogen) atoms. The van der Waals surface area contributed by atoms with Crippen LogP contribution in [0.3, 0.4) is 0 Å². The molecule has 2 heterocycles. The zero-order valence-corrected chi connectivity index (χ0v) is 10.9. The molecule has 0 aliphatic carbocycles. The largest absolute Gasteiger partial charge is 0.477 e. The predicted molar refractivity (Wildman–Crippen MR) is 71.8 cm³/mol. The summed E-state index contributed by atoms with van der Waals surface area (Å²) in [6.07, 6.45) is 2.10. The van der Waals surface area contributed by atoms with Gasteiger partial charge < -0.3 is 10.4 Å². The summed E-state index contributed by atoms with van der Waals surface area (Å²) in [5.74, 6) is 1.79. The molecule has 1 aliphatic heterocycles.